The molecule has 1 unspecified atom stereocenters. The van der Waals surface area contributed by atoms with Crippen molar-refractivity contribution >= 4 is 17.5 Å². The highest BCUT2D eigenvalue weighted by Crippen LogP contribution is 2.25. The fourth-order valence-electron chi connectivity index (χ4n) is 2.93. The van der Waals surface area contributed by atoms with Crippen LogP contribution in [-0.4, -0.2) is 17.9 Å². The zero-order valence-electron chi connectivity index (χ0n) is 13.8. The third-order valence-corrected chi connectivity index (χ3v) is 4.17. The number of amides is 2. The Morgan fingerprint density at radius 2 is 2.00 bits per heavy atom. The molecule has 0 aliphatic heterocycles. The third-order valence-electron chi connectivity index (χ3n) is 4.17. The average Bonchev–Trinajstić information content (AvgIpc) is 2.53. The van der Waals surface area contributed by atoms with Crippen LogP contribution in [-0.2, 0) is 16.1 Å². The van der Waals surface area contributed by atoms with E-state index in [0.29, 0.717) is 13.0 Å². The fraction of sp³-hybridized carbons (Fsp3) is 0.556. The van der Waals surface area contributed by atoms with Gasteiger partial charge < -0.3 is 16.4 Å². The molecule has 126 valence electrons. The number of benzene rings is 1. The number of hydrogen-bond acceptors (Lipinski definition) is 3. The molecular weight excluding hydrogens is 290 g/mol. The van der Waals surface area contributed by atoms with Crippen LogP contribution in [0.15, 0.2) is 24.3 Å². The van der Waals surface area contributed by atoms with Crippen LogP contribution in [0.5, 0.6) is 0 Å². The van der Waals surface area contributed by atoms with E-state index in [1.165, 1.54) is 6.42 Å². The number of nitrogens with one attached hydrogen (secondary N) is 2. The lowest BCUT2D eigenvalue weighted by atomic mass is 9.88. The Hall–Kier alpha value is -1.88. The van der Waals surface area contributed by atoms with Crippen molar-refractivity contribution in [2.45, 2.75) is 58.0 Å². The van der Waals surface area contributed by atoms with Crippen LogP contribution < -0.4 is 16.4 Å². The lowest BCUT2D eigenvalue weighted by Crippen LogP contribution is -2.29. The fourth-order valence-corrected chi connectivity index (χ4v) is 2.93. The Bertz CT molecular complexity index is 537. The van der Waals surface area contributed by atoms with Gasteiger partial charge in [0.05, 0.1) is 0 Å². The zero-order chi connectivity index (χ0) is 16.7. The van der Waals surface area contributed by atoms with Crippen LogP contribution >= 0.6 is 0 Å². The number of carbonyl (C=O) groups is 2. The lowest BCUT2D eigenvalue weighted by Gasteiger charge is -2.20. The van der Waals surface area contributed by atoms with E-state index < -0.39 is 0 Å². The minimum absolute atomic E-state index is 0.0587. The molecule has 1 aromatic carbocycles. The molecule has 0 saturated heterocycles. The average molecular weight is 317 g/mol. The van der Waals surface area contributed by atoms with Crippen molar-refractivity contribution in [2.75, 3.05) is 5.32 Å². The van der Waals surface area contributed by atoms with Gasteiger partial charge in [-0.15, -0.1) is 0 Å². The molecule has 0 bridgehead atoms. The van der Waals surface area contributed by atoms with Crippen molar-refractivity contribution in [1.82, 2.24) is 5.32 Å². The van der Waals surface area contributed by atoms with E-state index in [-0.39, 0.29) is 23.8 Å². The number of rotatable bonds is 6. The molecule has 0 radical (unpaired) electrons. The number of carbonyl (C=O) groups excluding carboxylic acids is 2. The van der Waals surface area contributed by atoms with Gasteiger partial charge in [-0.05, 0) is 37.5 Å². The highest BCUT2D eigenvalue weighted by atomic mass is 16.2. The molecular formula is C18H27N3O2. The summed E-state index contributed by atoms with van der Waals surface area (Å²) < 4.78 is 0. The van der Waals surface area contributed by atoms with Crippen LogP contribution in [0.2, 0.25) is 0 Å². The van der Waals surface area contributed by atoms with E-state index in [0.717, 1.165) is 36.9 Å². The summed E-state index contributed by atoms with van der Waals surface area (Å²) in [4.78, 5) is 23.9. The molecule has 2 amide bonds. The molecule has 1 aliphatic carbocycles. The predicted molar refractivity (Wildman–Crippen MR) is 91.8 cm³/mol. The Balaban J connectivity index is 1.86. The van der Waals surface area contributed by atoms with Gasteiger partial charge in [0.1, 0.15) is 0 Å². The molecule has 1 aromatic rings. The van der Waals surface area contributed by atoms with Gasteiger partial charge in [-0.2, -0.15) is 0 Å². The second kappa shape index (κ2) is 8.67. The Kier molecular flexibility index (Phi) is 6.59. The van der Waals surface area contributed by atoms with Crippen molar-refractivity contribution in [3.05, 3.63) is 29.8 Å². The van der Waals surface area contributed by atoms with E-state index >= 15 is 0 Å². The second-order valence-corrected chi connectivity index (χ2v) is 6.48. The zero-order valence-corrected chi connectivity index (χ0v) is 13.8. The first kappa shape index (κ1) is 17.5. The highest BCUT2D eigenvalue weighted by molar-refractivity contribution is 5.92. The van der Waals surface area contributed by atoms with Gasteiger partial charge >= 0.3 is 0 Å². The van der Waals surface area contributed by atoms with E-state index in [1.54, 1.807) is 6.92 Å². The molecule has 1 aliphatic rings. The minimum atomic E-state index is -0.142. The van der Waals surface area contributed by atoms with Crippen molar-refractivity contribution in [3.8, 4) is 0 Å². The quantitative estimate of drug-likeness (QED) is 0.754. The van der Waals surface area contributed by atoms with Gasteiger partial charge in [-0.1, -0.05) is 31.4 Å². The minimum Gasteiger partial charge on any atom is -0.352 e. The molecule has 1 fully saturated rings. The van der Waals surface area contributed by atoms with E-state index in [2.05, 4.69) is 10.6 Å². The first-order valence-corrected chi connectivity index (χ1v) is 8.46. The van der Waals surface area contributed by atoms with Gasteiger partial charge in [-0.3, -0.25) is 9.59 Å². The van der Waals surface area contributed by atoms with Crippen LogP contribution in [0.4, 0.5) is 5.69 Å². The molecule has 5 heteroatoms. The first-order valence-electron chi connectivity index (χ1n) is 8.46. The molecule has 1 atom stereocenters. The molecule has 4 N–H and O–H groups in total. The molecule has 23 heavy (non-hydrogen) atoms. The van der Waals surface area contributed by atoms with Gasteiger partial charge in [0.15, 0.2) is 0 Å². The van der Waals surface area contributed by atoms with Crippen molar-refractivity contribution in [1.29, 1.82) is 0 Å². The summed E-state index contributed by atoms with van der Waals surface area (Å²) >= 11 is 0. The number of hydrogen-bond donors (Lipinski definition) is 3. The maximum absolute atomic E-state index is 12.3. The molecule has 1 saturated carbocycles. The van der Waals surface area contributed by atoms with Gasteiger partial charge in [-0.25, -0.2) is 0 Å². The van der Waals surface area contributed by atoms with E-state index in [4.69, 9.17) is 5.73 Å². The summed E-state index contributed by atoms with van der Waals surface area (Å²) in [6.07, 6.45) is 5.81. The van der Waals surface area contributed by atoms with E-state index in [1.807, 2.05) is 24.3 Å². The molecule has 5 nitrogen and oxygen atoms in total. The summed E-state index contributed by atoms with van der Waals surface area (Å²) in [5.41, 5.74) is 7.36. The Morgan fingerprint density at radius 3 is 2.70 bits per heavy atom. The molecule has 0 spiro atoms. The summed E-state index contributed by atoms with van der Waals surface area (Å²) in [5.74, 6) is 0.192. The van der Waals surface area contributed by atoms with E-state index in [9.17, 15) is 9.59 Å². The van der Waals surface area contributed by atoms with Crippen molar-refractivity contribution in [3.63, 3.8) is 0 Å². The van der Waals surface area contributed by atoms with Gasteiger partial charge in [0, 0.05) is 30.6 Å². The number of nitrogens with two attached hydrogens (primary N) is 1. The Morgan fingerprint density at radius 1 is 1.26 bits per heavy atom. The molecule has 2 rings (SSSR count). The maximum Gasteiger partial charge on any atom is 0.227 e. The third kappa shape index (κ3) is 6.02. The standard InChI is InChI=1S/C18H27N3O2/c1-13(19)10-17(22)20-12-14-6-5-9-16(11-14)21-18(23)15-7-3-2-4-8-15/h5-6,9,11,13,15H,2-4,7-8,10,12,19H2,1H3,(H,20,22)(H,21,23). The summed E-state index contributed by atoms with van der Waals surface area (Å²) in [7, 11) is 0. The number of anilines is 1. The van der Waals surface area contributed by atoms with Crippen LogP contribution in [0.1, 0.15) is 51.0 Å². The van der Waals surface area contributed by atoms with Crippen molar-refractivity contribution in [2.24, 2.45) is 11.7 Å². The predicted octanol–water partition coefficient (Wildman–Crippen LogP) is 2.56. The largest absolute Gasteiger partial charge is 0.352 e. The SMILES string of the molecule is CC(N)CC(=O)NCc1cccc(NC(=O)C2CCCCC2)c1. The van der Waals surface area contributed by atoms with Gasteiger partial charge in [0.25, 0.3) is 0 Å². The smallest absolute Gasteiger partial charge is 0.227 e. The highest BCUT2D eigenvalue weighted by Gasteiger charge is 2.21. The summed E-state index contributed by atoms with van der Waals surface area (Å²) in [6.45, 7) is 2.25. The van der Waals surface area contributed by atoms with Crippen LogP contribution in [0.3, 0.4) is 0 Å². The summed E-state index contributed by atoms with van der Waals surface area (Å²) in [5, 5.41) is 5.84. The molecule has 0 heterocycles. The van der Waals surface area contributed by atoms with Crippen LogP contribution in [0, 0.1) is 5.92 Å². The first-order chi connectivity index (χ1) is 11.0. The topological polar surface area (TPSA) is 84.2 Å². The normalized spacial score (nSPS) is 16.6. The Labute approximate surface area is 138 Å². The second-order valence-electron chi connectivity index (χ2n) is 6.48. The van der Waals surface area contributed by atoms with Gasteiger partial charge in [0.2, 0.25) is 11.8 Å². The molecule has 0 aromatic heterocycles. The van der Waals surface area contributed by atoms with Crippen molar-refractivity contribution < 1.29 is 9.59 Å². The summed E-state index contributed by atoms with van der Waals surface area (Å²) in [6, 6.07) is 7.48. The maximum atomic E-state index is 12.3. The monoisotopic (exact) mass is 317 g/mol. The lowest BCUT2D eigenvalue weighted by molar-refractivity contribution is -0.122. The van der Waals surface area contributed by atoms with Crippen LogP contribution in [0.25, 0.3) is 0 Å².